The van der Waals surface area contributed by atoms with Crippen LogP contribution in [0.4, 0.5) is 9.18 Å². The first-order valence-electron chi connectivity index (χ1n) is 10.1. The van der Waals surface area contributed by atoms with Gasteiger partial charge in [-0.25, -0.2) is 14.2 Å². The van der Waals surface area contributed by atoms with E-state index in [9.17, 15) is 9.18 Å². The molecule has 3 aliphatic rings. The third kappa shape index (κ3) is 3.61. The Morgan fingerprint density at radius 2 is 2.21 bits per heavy atom. The molecule has 1 saturated carbocycles. The van der Waals surface area contributed by atoms with Crippen LogP contribution in [0, 0.1) is 24.6 Å². The minimum atomic E-state index is -0.320. The molecule has 0 radical (unpaired) electrons. The molecule has 0 spiro atoms. The van der Waals surface area contributed by atoms with Crippen LogP contribution in [0.3, 0.4) is 0 Å². The molecule has 6 nitrogen and oxygen atoms in total. The largest absolute Gasteiger partial charge is 0.493 e. The summed E-state index contributed by atoms with van der Waals surface area (Å²) in [4.78, 5) is 19.2. The first kappa shape index (κ1) is 18.2. The van der Waals surface area contributed by atoms with Crippen molar-refractivity contribution < 1.29 is 18.7 Å². The molecular formula is C22H24FN3O3. The normalized spacial score (nSPS) is 25.0. The van der Waals surface area contributed by atoms with Crippen molar-refractivity contribution in [3.63, 3.8) is 0 Å². The van der Waals surface area contributed by atoms with Crippen molar-refractivity contribution in [1.82, 2.24) is 15.2 Å². The zero-order valence-corrected chi connectivity index (χ0v) is 16.3. The summed E-state index contributed by atoms with van der Waals surface area (Å²) >= 11 is 0. The Morgan fingerprint density at radius 3 is 3.00 bits per heavy atom. The highest BCUT2D eigenvalue weighted by molar-refractivity contribution is 5.76. The molecule has 1 N–H and O–H groups in total. The van der Waals surface area contributed by atoms with E-state index in [-0.39, 0.29) is 35.8 Å². The second-order valence-electron chi connectivity index (χ2n) is 8.17. The number of aryl methyl sites for hydroxylation is 1. The highest BCUT2D eigenvalue weighted by Gasteiger charge is 2.49. The van der Waals surface area contributed by atoms with E-state index in [0.717, 1.165) is 24.1 Å². The predicted molar refractivity (Wildman–Crippen MR) is 104 cm³/mol. The molecular weight excluding hydrogens is 373 g/mol. The average Bonchev–Trinajstić information content (AvgIpc) is 3.44. The minimum Gasteiger partial charge on any atom is -0.493 e. The molecule has 2 amide bonds. The molecule has 0 unspecified atom stereocenters. The number of likely N-dealkylation sites (tertiary alicyclic amines) is 1. The van der Waals surface area contributed by atoms with Crippen LogP contribution < -0.4 is 14.8 Å². The zero-order valence-electron chi connectivity index (χ0n) is 16.3. The fourth-order valence-corrected chi connectivity index (χ4v) is 4.35. The maximum absolute atomic E-state index is 14.0. The van der Waals surface area contributed by atoms with Crippen LogP contribution >= 0.6 is 0 Å². The molecule has 2 aromatic rings. The van der Waals surface area contributed by atoms with Crippen LogP contribution in [-0.4, -0.2) is 41.7 Å². The van der Waals surface area contributed by atoms with Gasteiger partial charge in [0, 0.05) is 41.7 Å². The maximum atomic E-state index is 14.0. The van der Waals surface area contributed by atoms with E-state index in [1.165, 1.54) is 12.1 Å². The molecule has 3 atom stereocenters. The zero-order chi connectivity index (χ0) is 20.0. The Morgan fingerprint density at radius 1 is 1.34 bits per heavy atom. The monoisotopic (exact) mass is 397 g/mol. The summed E-state index contributed by atoms with van der Waals surface area (Å²) in [5, 5.41) is 3.08. The van der Waals surface area contributed by atoms with E-state index >= 15 is 0 Å². The SMILES string of the molecule is Cc1cccc(OC[C@@H]2CN(C(=O)NC3CC3)[C@H]3c4cc(F)ccc4OC[C@@H]23)n1. The molecule has 1 saturated heterocycles. The van der Waals surface area contributed by atoms with Gasteiger partial charge in [-0.1, -0.05) is 6.07 Å². The van der Waals surface area contributed by atoms with Crippen LogP contribution in [-0.2, 0) is 0 Å². The lowest BCUT2D eigenvalue weighted by Crippen LogP contribution is -2.42. The summed E-state index contributed by atoms with van der Waals surface area (Å²) in [6.07, 6.45) is 2.04. The van der Waals surface area contributed by atoms with Gasteiger partial charge in [-0.05, 0) is 44.0 Å². The number of aromatic nitrogens is 1. The van der Waals surface area contributed by atoms with Gasteiger partial charge in [-0.15, -0.1) is 0 Å². The highest BCUT2D eigenvalue weighted by Crippen LogP contribution is 2.47. The third-order valence-corrected chi connectivity index (χ3v) is 5.97. The number of carbonyl (C=O) groups excluding carboxylic acids is 1. The summed E-state index contributed by atoms with van der Waals surface area (Å²) < 4.78 is 25.9. The van der Waals surface area contributed by atoms with Crippen molar-refractivity contribution in [1.29, 1.82) is 0 Å². The van der Waals surface area contributed by atoms with Crippen LogP contribution in [0.1, 0.15) is 30.1 Å². The Kier molecular flexibility index (Phi) is 4.53. The Labute approximate surface area is 169 Å². The summed E-state index contributed by atoms with van der Waals surface area (Å²) in [7, 11) is 0. The van der Waals surface area contributed by atoms with Crippen molar-refractivity contribution >= 4 is 6.03 Å². The second-order valence-corrected chi connectivity index (χ2v) is 8.17. The minimum absolute atomic E-state index is 0.0408. The van der Waals surface area contributed by atoms with Gasteiger partial charge in [0.05, 0.1) is 19.3 Å². The standard InChI is InChI=1S/C22H24FN3O3/c1-13-3-2-4-20(24-13)29-11-14-10-26(22(27)25-16-6-7-16)21-17-9-15(23)5-8-19(17)28-12-18(14)21/h2-5,8-9,14,16,18,21H,6-7,10-12H2,1H3,(H,25,27)/t14-,18-,21-/m0/s1. The number of halogens is 1. The fourth-order valence-electron chi connectivity index (χ4n) is 4.35. The molecule has 7 heteroatoms. The average molecular weight is 397 g/mol. The molecule has 5 rings (SSSR count). The number of carbonyl (C=O) groups is 1. The molecule has 152 valence electrons. The molecule has 0 bridgehead atoms. The summed E-state index contributed by atoms with van der Waals surface area (Å²) in [6.45, 7) is 3.37. The van der Waals surface area contributed by atoms with Gasteiger partial charge in [0.2, 0.25) is 5.88 Å². The molecule has 1 aromatic carbocycles. The van der Waals surface area contributed by atoms with Crippen LogP contribution in [0.2, 0.25) is 0 Å². The van der Waals surface area contributed by atoms with Gasteiger partial charge in [-0.2, -0.15) is 0 Å². The lowest BCUT2D eigenvalue weighted by Gasteiger charge is -2.34. The Balaban J connectivity index is 1.40. The number of benzene rings is 1. The van der Waals surface area contributed by atoms with Crippen LogP contribution in [0.15, 0.2) is 36.4 Å². The number of pyridine rings is 1. The molecule has 1 aromatic heterocycles. The number of ether oxygens (including phenoxy) is 2. The maximum Gasteiger partial charge on any atom is 0.318 e. The first-order chi connectivity index (χ1) is 14.1. The van der Waals surface area contributed by atoms with E-state index in [1.54, 1.807) is 6.07 Å². The second kappa shape index (κ2) is 7.21. The van der Waals surface area contributed by atoms with Gasteiger partial charge in [-0.3, -0.25) is 0 Å². The third-order valence-electron chi connectivity index (χ3n) is 5.97. The number of rotatable bonds is 4. The van der Waals surface area contributed by atoms with Crippen LogP contribution in [0.5, 0.6) is 11.6 Å². The smallest absolute Gasteiger partial charge is 0.318 e. The number of nitrogens with zero attached hydrogens (tertiary/aromatic N) is 2. The number of fused-ring (bicyclic) bond motifs is 3. The summed E-state index contributed by atoms with van der Waals surface area (Å²) in [5.41, 5.74) is 1.63. The summed E-state index contributed by atoms with van der Waals surface area (Å²) in [5.74, 6) is 1.02. The summed E-state index contributed by atoms with van der Waals surface area (Å²) in [6, 6.07) is 10.2. The number of urea groups is 1. The van der Waals surface area contributed by atoms with Gasteiger partial charge in [0.1, 0.15) is 11.6 Å². The molecule has 2 fully saturated rings. The van der Waals surface area contributed by atoms with Gasteiger partial charge in [0.25, 0.3) is 0 Å². The van der Waals surface area contributed by atoms with E-state index in [1.807, 2.05) is 30.0 Å². The molecule has 29 heavy (non-hydrogen) atoms. The predicted octanol–water partition coefficient (Wildman–Crippen LogP) is 3.46. The van der Waals surface area contributed by atoms with Gasteiger partial charge in [0.15, 0.2) is 0 Å². The van der Waals surface area contributed by atoms with Gasteiger partial charge < -0.3 is 19.7 Å². The molecule has 2 aliphatic heterocycles. The number of hydrogen-bond donors (Lipinski definition) is 1. The first-order valence-corrected chi connectivity index (χ1v) is 10.1. The quantitative estimate of drug-likeness (QED) is 0.858. The number of amides is 2. The van der Waals surface area contributed by atoms with Crippen molar-refractivity contribution in [3.05, 3.63) is 53.5 Å². The molecule has 1 aliphatic carbocycles. The van der Waals surface area contributed by atoms with E-state index in [0.29, 0.717) is 31.4 Å². The van der Waals surface area contributed by atoms with E-state index in [4.69, 9.17) is 9.47 Å². The van der Waals surface area contributed by atoms with Crippen molar-refractivity contribution in [2.45, 2.75) is 31.8 Å². The van der Waals surface area contributed by atoms with Crippen molar-refractivity contribution in [3.8, 4) is 11.6 Å². The Hall–Kier alpha value is -2.83. The number of nitrogens with one attached hydrogen (secondary N) is 1. The van der Waals surface area contributed by atoms with Crippen LogP contribution in [0.25, 0.3) is 0 Å². The Bertz CT molecular complexity index is 933. The van der Waals surface area contributed by atoms with Crippen molar-refractivity contribution in [2.75, 3.05) is 19.8 Å². The van der Waals surface area contributed by atoms with E-state index < -0.39 is 0 Å². The van der Waals surface area contributed by atoms with Crippen molar-refractivity contribution in [2.24, 2.45) is 11.8 Å². The lowest BCUT2D eigenvalue weighted by molar-refractivity contribution is 0.126. The van der Waals surface area contributed by atoms with Gasteiger partial charge >= 0.3 is 6.03 Å². The molecule has 3 heterocycles. The fraction of sp³-hybridized carbons (Fsp3) is 0.455. The topological polar surface area (TPSA) is 63.7 Å². The lowest BCUT2D eigenvalue weighted by atomic mass is 9.85. The highest BCUT2D eigenvalue weighted by atomic mass is 19.1. The number of hydrogen-bond acceptors (Lipinski definition) is 4. The van der Waals surface area contributed by atoms with E-state index in [2.05, 4.69) is 10.3 Å².